The number of nitrogens with one attached hydrogen (secondary N) is 1. The fourth-order valence-electron chi connectivity index (χ4n) is 3.81. The van der Waals surface area contributed by atoms with Gasteiger partial charge in [-0.2, -0.15) is 0 Å². The maximum atomic E-state index is 13.1. The van der Waals surface area contributed by atoms with Gasteiger partial charge < -0.3 is 10.4 Å². The first-order valence-electron chi connectivity index (χ1n) is 10.00. The van der Waals surface area contributed by atoms with Crippen molar-refractivity contribution in [2.75, 3.05) is 25.0 Å². The van der Waals surface area contributed by atoms with Gasteiger partial charge in [0.05, 0.1) is 11.5 Å². The molecule has 8 heteroatoms. The molecule has 0 spiro atoms. The van der Waals surface area contributed by atoms with Crippen LogP contribution in [0.15, 0.2) is 48.8 Å². The summed E-state index contributed by atoms with van der Waals surface area (Å²) in [5.41, 5.74) is 2.17. The number of aryl methyl sites for hydroxylation is 1. The molecule has 1 aliphatic rings. The molecule has 3 heterocycles. The highest BCUT2D eigenvalue weighted by atomic mass is 35.5. The molecule has 1 unspecified atom stereocenters. The number of anilines is 2. The Morgan fingerprint density at radius 2 is 1.97 bits per heavy atom. The molecule has 2 N–H and O–H groups in total. The van der Waals surface area contributed by atoms with Crippen molar-refractivity contribution in [1.82, 2.24) is 14.9 Å². The van der Waals surface area contributed by atoms with Crippen molar-refractivity contribution in [2.45, 2.75) is 31.7 Å². The van der Waals surface area contributed by atoms with E-state index in [9.17, 15) is 9.50 Å². The van der Waals surface area contributed by atoms with E-state index in [4.69, 9.17) is 0 Å². The number of halogens is 2. The largest absolute Gasteiger partial charge is 0.395 e. The van der Waals surface area contributed by atoms with Crippen molar-refractivity contribution >= 4 is 34.7 Å². The summed E-state index contributed by atoms with van der Waals surface area (Å²) in [7, 11) is 0. The number of thiazole rings is 1. The van der Waals surface area contributed by atoms with Gasteiger partial charge in [-0.3, -0.25) is 4.90 Å². The Labute approximate surface area is 186 Å². The van der Waals surface area contributed by atoms with Crippen LogP contribution in [0.25, 0.3) is 10.4 Å². The summed E-state index contributed by atoms with van der Waals surface area (Å²) in [4.78, 5) is 12.3. The van der Waals surface area contributed by atoms with Crippen LogP contribution < -0.4 is 5.32 Å². The van der Waals surface area contributed by atoms with E-state index in [1.807, 2.05) is 12.3 Å². The van der Waals surface area contributed by atoms with Crippen molar-refractivity contribution in [3.63, 3.8) is 0 Å². The normalized spacial score (nSPS) is 16.4. The number of hydrogen-bond donors (Lipinski definition) is 2. The number of rotatable bonds is 8. The van der Waals surface area contributed by atoms with Gasteiger partial charge in [0.1, 0.15) is 11.6 Å². The number of aromatic nitrogens is 2. The summed E-state index contributed by atoms with van der Waals surface area (Å²) in [6.07, 6.45) is 8.23. The third-order valence-corrected chi connectivity index (χ3v) is 6.31. The van der Waals surface area contributed by atoms with Crippen LogP contribution in [0.4, 0.5) is 15.3 Å². The first-order valence-corrected chi connectivity index (χ1v) is 10.8. The minimum Gasteiger partial charge on any atom is -0.395 e. The fourth-order valence-corrected chi connectivity index (χ4v) is 4.64. The lowest BCUT2D eigenvalue weighted by Crippen LogP contribution is -2.32. The maximum absolute atomic E-state index is 13.1. The van der Waals surface area contributed by atoms with Crippen LogP contribution in [0.1, 0.15) is 24.8 Å². The second-order valence-corrected chi connectivity index (χ2v) is 8.34. The van der Waals surface area contributed by atoms with Gasteiger partial charge in [-0.15, -0.1) is 12.4 Å². The van der Waals surface area contributed by atoms with Gasteiger partial charge in [0.15, 0.2) is 5.13 Å². The third kappa shape index (κ3) is 5.76. The summed E-state index contributed by atoms with van der Waals surface area (Å²) in [6.45, 7) is 2.11. The summed E-state index contributed by atoms with van der Waals surface area (Å²) in [5, 5.41) is 13.2. The van der Waals surface area contributed by atoms with Gasteiger partial charge >= 0.3 is 0 Å². The summed E-state index contributed by atoms with van der Waals surface area (Å²) in [6, 6.07) is 11.1. The van der Waals surface area contributed by atoms with Crippen molar-refractivity contribution < 1.29 is 9.50 Å². The van der Waals surface area contributed by atoms with E-state index in [1.165, 1.54) is 41.9 Å². The van der Waals surface area contributed by atoms with E-state index in [1.54, 1.807) is 18.3 Å². The molecule has 0 amide bonds. The highest BCUT2D eigenvalue weighted by Gasteiger charge is 2.23. The second kappa shape index (κ2) is 10.8. The molecule has 0 bridgehead atoms. The molecule has 1 fully saturated rings. The molecule has 0 saturated carbocycles. The average Bonchev–Trinajstić information content (AvgIpc) is 3.38. The zero-order valence-electron chi connectivity index (χ0n) is 16.6. The Bertz CT molecular complexity index is 920. The van der Waals surface area contributed by atoms with Crippen LogP contribution in [0.2, 0.25) is 0 Å². The van der Waals surface area contributed by atoms with E-state index in [-0.39, 0.29) is 24.8 Å². The summed E-state index contributed by atoms with van der Waals surface area (Å²) >= 11 is 1.51. The van der Waals surface area contributed by atoms with Crippen LogP contribution in [-0.2, 0) is 6.42 Å². The van der Waals surface area contributed by atoms with E-state index in [0.717, 1.165) is 47.3 Å². The number of benzene rings is 1. The van der Waals surface area contributed by atoms with Gasteiger partial charge in [0, 0.05) is 25.0 Å². The van der Waals surface area contributed by atoms with E-state index >= 15 is 0 Å². The molecular weight excluding hydrogens is 423 g/mol. The van der Waals surface area contributed by atoms with Crippen molar-refractivity contribution in [2.24, 2.45) is 0 Å². The standard InChI is InChI=1S/C22H25FN4OS.ClH/c23-18-7-5-17(6-8-18)20-15-25-22(29-20)26-21-10-4-16(14-24-21)3-9-19-2-1-11-27(19)12-13-28;/h4-8,10,14-15,19,28H,1-3,9,11-13H2,(H,24,25,26);1H. The van der Waals surface area contributed by atoms with E-state index < -0.39 is 0 Å². The van der Waals surface area contributed by atoms with Gasteiger partial charge in [-0.1, -0.05) is 29.5 Å². The van der Waals surface area contributed by atoms with Crippen LogP contribution >= 0.6 is 23.7 Å². The monoisotopic (exact) mass is 448 g/mol. The second-order valence-electron chi connectivity index (χ2n) is 7.31. The molecular formula is C22H26ClFN4OS. The molecule has 0 aliphatic carbocycles. The number of likely N-dealkylation sites (tertiary alicyclic amines) is 1. The molecule has 3 aromatic rings. The van der Waals surface area contributed by atoms with Crippen LogP contribution in [0.3, 0.4) is 0 Å². The Morgan fingerprint density at radius 3 is 2.70 bits per heavy atom. The molecule has 2 aromatic heterocycles. The zero-order valence-corrected chi connectivity index (χ0v) is 18.3. The topological polar surface area (TPSA) is 61.3 Å². The van der Waals surface area contributed by atoms with E-state index in [2.05, 4.69) is 26.3 Å². The highest BCUT2D eigenvalue weighted by molar-refractivity contribution is 7.18. The van der Waals surface area contributed by atoms with Crippen LogP contribution in [0, 0.1) is 5.82 Å². The number of β-amino-alcohol motifs (C(OH)–C–C–N with tert-alkyl or cyclic N) is 1. The van der Waals surface area contributed by atoms with Crippen molar-refractivity contribution in [1.29, 1.82) is 0 Å². The minimum absolute atomic E-state index is 0. The molecule has 5 nitrogen and oxygen atoms in total. The first-order chi connectivity index (χ1) is 14.2. The van der Waals surface area contributed by atoms with Gasteiger partial charge in [-0.05, 0) is 61.6 Å². The quantitative estimate of drug-likeness (QED) is 0.513. The maximum Gasteiger partial charge on any atom is 0.188 e. The number of aliphatic hydroxyl groups excluding tert-OH is 1. The number of nitrogens with zero attached hydrogens (tertiary/aromatic N) is 3. The molecule has 4 rings (SSSR count). The SMILES string of the molecule is Cl.OCCN1CCCC1CCc1ccc(Nc2ncc(-c3ccc(F)cc3)s2)nc1. The third-order valence-electron chi connectivity index (χ3n) is 5.35. The molecule has 160 valence electrons. The van der Waals surface area contributed by atoms with E-state index in [0.29, 0.717) is 6.04 Å². The van der Waals surface area contributed by atoms with Gasteiger partial charge in [-0.25, -0.2) is 14.4 Å². The molecule has 1 saturated heterocycles. The predicted molar refractivity (Wildman–Crippen MR) is 122 cm³/mol. The highest BCUT2D eigenvalue weighted by Crippen LogP contribution is 2.30. The molecule has 1 atom stereocenters. The summed E-state index contributed by atoms with van der Waals surface area (Å²) in [5.74, 6) is 0.520. The first kappa shape index (κ1) is 22.6. The number of aliphatic hydroxyl groups is 1. The summed E-state index contributed by atoms with van der Waals surface area (Å²) < 4.78 is 13.1. The fraction of sp³-hybridized carbons (Fsp3) is 0.364. The lowest BCUT2D eigenvalue weighted by atomic mass is 10.0. The Kier molecular flexibility index (Phi) is 8.16. The van der Waals surface area contributed by atoms with Gasteiger partial charge in [0.2, 0.25) is 0 Å². The minimum atomic E-state index is -0.241. The average molecular weight is 449 g/mol. The molecule has 0 radical (unpaired) electrons. The lowest BCUT2D eigenvalue weighted by Gasteiger charge is -2.23. The Balaban J connectivity index is 0.00000256. The van der Waals surface area contributed by atoms with Crippen LogP contribution in [-0.4, -0.2) is 45.7 Å². The van der Waals surface area contributed by atoms with Gasteiger partial charge in [0.25, 0.3) is 0 Å². The zero-order chi connectivity index (χ0) is 20.1. The van der Waals surface area contributed by atoms with Crippen molar-refractivity contribution in [3.8, 4) is 10.4 Å². The van der Waals surface area contributed by atoms with Crippen LogP contribution in [0.5, 0.6) is 0 Å². The molecule has 1 aliphatic heterocycles. The van der Waals surface area contributed by atoms with Crippen molar-refractivity contribution in [3.05, 3.63) is 60.2 Å². The Morgan fingerprint density at radius 1 is 1.13 bits per heavy atom. The molecule has 1 aromatic carbocycles. The molecule has 30 heavy (non-hydrogen) atoms. The Hall–Kier alpha value is -2.06. The number of hydrogen-bond acceptors (Lipinski definition) is 6. The number of pyridine rings is 1. The predicted octanol–water partition coefficient (Wildman–Crippen LogP) is 4.90. The smallest absolute Gasteiger partial charge is 0.188 e. The lowest BCUT2D eigenvalue weighted by molar-refractivity contribution is 0.180.